The van der Waals surface area contributed by atoms with Gasteiger partial charge in [0.15, 0.2) is 9.84 Å². The summed E-state index contributed by atoms with van der Waals surface area (Å²) >= 11 is 0. The summed E-state index contributed by atoms with van der Waals surface area (Å²) in [6, 6.07) is 7.54. The minimum absolute atomic E-state index is 0.0862. The first-order chi connectivity index (χ1) is 8.52. The standard InChI is InChI=1S/C13H16N2O2S/c1-10-4-2-5-11(8-14)13(10)15-12-6-3-7-18(16,17)9-12/h2,4-5,12,15H,3,6-7,9H2,1H3. The molecule has 5 heteroatoms. The second-order valence-electron chi connectivity index (χ2n) is 4.71. The molecule has 0 aromatic heterocycles. The zero-order chi connectivity index (χ0) is 13.2. The van der Waals surface area contributed by atoms with Crippen molar-refractivity contribution in [3.8, 4) is 6.07 Å². The van der Waals surface area contributed by atoms with Crippen LogP contribution in [-0.4, -0.2) is 26.0 Å². The molecule has 1 unspecified atom stereocenters. The van der Waals surface area contributed by atoms with E-state index in [4.69, 9.17) is 5.26 Å². The lowest BCUT2D eigenvalue weighted by Crippen LogP contribution is -2.35. The zero-order valence-corrected chi connectivity index (χ0v) is 11.1. The largest absolute Gasteiger partial charge is 0.380 e. The summed E-state index contributed by atoms with van der Waals surface area (Å²) in [6.45, 7) is 1.92. The van der Waals surface area contributed by atoms with E-state index in [1.165, 1.54) is 0 Å². The Morgan fingerprint density at radius 3 is 2.89 bits per heavy atom. The maximum absolute atomic E-state index is 11.6. The van der Waals surface area contributed by atoms with Gasteiger partial charge < -0.3 is 5.32 Å². The smallest absolute Gasteiger partial charge is 0.152 e. The molecule has 0 aliphatic carbocycles. The number of hydrogen-bond donors (Lipinski definition) is 1. The normalized spacial score (nSPS) is 22.1. The average molecular weight is 264 g/mol. The molecule has 2 rings (SSSR count). The van der Waals surface area contributed by atoms with Crippen LogP contribution in [0.25, 0.3) is 0 Å². The third kappa shape index (κ3) is 2.82. The van der Waals surface area contributed by atoms with Crippen LogP contribution >= 0.6 is 0 Å². The fourth-order valence-electron chi connectivity index (χ4n) is 2.29. The van der Waals surface area contributed by atoms with Crippen molar-refractivity contribution in [1.82, 2.24) is 0 Å². The van der Waals surface area contributed by atoms with Gasteiger partial charge in [-0.2, -0.15) is 5.26 Å². The number of rotatable bonds is 2. The molecule has 18 heavy (non-hydrogen) atoms. The van der Waals surface area contributed by atoms with E-state index in [2.05, 4.69) is 11.4 Å². The van der Waals surface area contributed by atoms with Crippen LogP contribution in [-0.2, 0) is 9.84 Å². The topological polar surface area (TPSA) is 70.0 Å². The van der Waals surface area contributed by atoms with Crippen LogP contribution in [0, 0.1) is 18.3 Å². The van der Waals surface area contributed by atoms with Crippen LogP contribution in [0.2, 0.25) is 0 Å². The fraction of sp³-hybridized carbons (Fsp3) is 0.462. The molecule has 0 spiro atoms. The van der Waals surface area contributed by atoms with Crippen LogP contribution in [0.15, 0.2) is 18.2 Å². The highest BCUT2D eigenvalue weighted by Gasteiger charge is 2.25. The number of aryl methyl sites for hydroxylation is 1. The van der Waals surface area contributed by atoms with Crippen LogP contribution < -0.4 is 5.32 Å². The molecular formula is C13H16N2O2S. The lowest BCUT2D eigenvalue weighted by atomic mass is 10.1. The first-order valence-corrected chi connectivity index (χ1v) is 7.80. The van der Waals surface area contributed by atoms with Gasteiger partial charge in [-0.3, -0.25) is 0 Å². The third-order valence-electron chi connectivity index (χ3n) is 3.20. The number of anilines is 1. The molecule has 96 valence electrons. The Hall–Kier alpha value is -1.54. The fourth-order valence-corrected chi connectivity index (χ4v) is 3.93. The van der Waals surface area contributed by atoms with Crippen LogP contribution in [0.5, 0.6) is 0 Å². The zero-order valence-electron chi connectivity index (χ0n) is 10.3. The van der Waals surface area contributed by atoms with E-state index in [0.717, 1.165) is 17.7 Å². The molecule has 1 atom stereocenters. The van der Waals surface area contributed by atoms with Crippen molar-refractivity contribution < 1.29 is 8.42 Å². The summed E-state index contributed by atoms with van der Waals surface area (Å²) in [4.78, 5) is 0. The van der Waals surface area contributed by atoms with E-state index in [1.54, 1.807) is 6.07 Å². The predicted octanol–water partition coefficient (Wildman–Crippen LogP) is 1.86. The molecule has 1 aliphatic rings. The van der Waals surface area contributed by atoms with Gasteiger partial charge in [-0.15, -0.1) is 0 Å². The highest BCUT2D eigenvalue weighted by Crippen LogP contribution is 2.23. The van der Waals surface area contributed by atoms with Crippen LogP contribution in [0.1, 0.15) is 24.0 Å². The Morgan fingerprint density at radius 1 is 1.44 bits per heavy atom. The lowest BCUT2D eigenvalue weighted by Gasteiger charge is -2.25. The van der Waals surface area contributed by atoms with E-state index in [9.17, 15) is 8.42 Å². The Morgan fingerprint density at radius 2 is 2.22 bits per heavy atom. The Kier molecular flexibility index (Phi) is 3.58. The summed E-state index contributed by atoms with van der Waals surface area (Å²) in [6.07, 6.45) is 1.52. The van der Waals surface area contributed by atoms with Gasteiger partial charge >= 0.3 is 0 Å². The molecule has 0 radical (unpaired) electrons. The summed E-state index contributed by atoms with van der Waals surface area (Å²) in [7, 11) is -2.93. The number of benzene rings is 1. The van der Waals surface area contributed by atoms with Gasteiger partial charge in [0.1, 0.15) is 6.07 Å². The molecule has 0 bridgehead atoms. The predicted molar refractivity (Wildman–Crippen MR) is 71.2 cm³/mol. The molecule has 0 amide bonds. The average Bonchev–Trinajstić information content (AvgIpc) is 2.30. The van der Waals surface area contributed by atoms with Gasteiger partial charge in [0.2, 0.25) is 0 Å². The molecule has 1 aromatic rings. The number of nitrogens with zero attached hydrogens (tertiary/aromatic N) is 1. The molecular weight excluding hydrogens is 248 g/mol. The minimum atomic E-state index is -2.93. The van der Waals surface area contributed by atoms with E-state index in [0.29, 0.717) is 12.0 Å². The van der Waals surface area contributed by atoms with Crippen molar-refractivity contribution in [2.24, 2.45) is 0 Å². The van der Waals surface area contributed by atoms with Crippen molar-refractivity contribution in [2.45, 2.75) is 25.8 Å². The summed E-state index contributed by atoms with van der Waals surface area (Å²) in [5.41, 5.74) is 2.30. The van der Waals surface area contributed by atoms with Crippen molar-refractivity contribution in [3.63, 3.8) is 0 Å². The molecule has 1 fully saturated rings. The number of sulfone groups is 1. The summed E-state index contributed by atoms with van der Waals surface area (Å²) in [5, 5.41) is 12.3. The molecule has 1 N–H and O–H groups in total. The van der Waals surface area contributed by atoms with Crippen LogP contribution in [0.3, 0.4) is 0 Å². The maximum Gasteiger partial charge on any atom is 0.152 e. The molecule has 1 aliphatic heterocycles. The van der Waals surface area contributed by atoms with Gasteiger partial charge in [-0.05, 0) is 31.4 Å². The maximum atomic E-state index is 11.6. The highest BCUT2D eigenvalue weighted by molar-refractivity contribution is 7.91. The number of nitriles is 1. The monoisotopic (exact) mass is 264 g/mol. The quantitative estimate of drug-likeness (QED) is 0.885. The van der Waals surface area contributed by atoms with Crippen LogP contribution in [0.4, 0.5) is 5.69 Å². The summed E-state index contributed by atoms with van der Waals surface area (Å²) < 4.78 is 23.2. The number of nitrogens with one attached hydrogen (secondary N) is 1. The van der Waals surface area contributed by atoms with E-state index >= 15 is 0 Å². The van der Waals surface area contributed by atoms with Crippen molar-refractivity contribution in [1.29, 1.82) is 5.26 Å². The molecule has 1 heterocycles. The van der Waals surface area contributed by atoms with Gasteiger partial charge in [0.05, 0.1) is 22.8 Å². The van der Waals surface area contributed by atoms with E-state index < -0.39 is 9.84 Å². The summed E-state index contributed by atoms with van der Waals surface area (Å²) in [5.74, 6) is 0.441. The van der Waals surface area contributed by atoms with Crippen molar-refractivity contribution in [3.05, 3.63) is 29.3 Å². The lowest BCUT2D eigenvalue weighted by molar-refractivity contribution is 0.562. The van der Waals surface area contributed by atoms with Crippen molar-refractivity contribution in [2.75, 3.05) is 16.8 Å². The molecule has 1 aromatic carbocycles. The Bertz CT molecular complexity index is 587. The molecule has 4 nitrogen and oxygen atoms in total. The molecule has 1 saturated heterocycles. The number of hydrogen-bond acceptors (Lipinski definition) is 4. The highest BCUT2D eigenvalue weighted by atomic mass is 32.2. The first kappa shape index (κ1) is 12.9. The second-order valence-corrected chi connectivity index (χ2v) is 6.94. The van der Waals surface area contributed by atoms with Gasteiger partial charge in [-0.1, -0.05) is 12.1 Å². The van der Waals surface area contributed by atoms with Crippen molar-refractivity contribution >= 4 is 15.5 Å². The molecule has 0 saturated carbocycles. The van der Waals surface area contributed by atoms with Gasteiger partial charge in [0.25, 0.3) is 0 Å². The SMILES string of the molecule is Cc1cccc(C#N)c1NC1CCCS(=O)(=O)C1. The van der Waals surface area contributed by atoms with Gasteiger partial charge in [-0.25, -0.2) is 8.42 Å². The Balaban J connectivity index is 2.22. The minimum Gasteiger partial charge on any atom is -0.380 e. The third-order valence-corrected chi connectivity index (χ3v) is 5.03. The number of para-hydroxylation sites is 1. The second kappa shape index (κ2) is 4.99. The van der Waals surface area contributed by atoms with E-state index in [-0.39, 0.29) is 17.5 Å². The van der Waals surface area contributed by atoms with E-state index in [1.807, 2.05) is 19.1 Å². The first-order valence-electron chi connectivity index (χ1n) is 5.98. The Labute approximate surface area is 108 Å². The van der Waals surface area contributed by atoms with Gasteiger partial charge in [0, 0.05) is 6.04 Å².